The molecule has 4 nitrogen and oxygen atoms in total. The number of pyridine rings is 1. The molecule has 0 aromatic carbocycles. The summed E-state index contributed by atoms with van der Waals surface area (Å²) in [4.78, 5) is 14.5. The number of rotatable bonds is 4. The topological polar surface area (TPSA) is 51.2 Å². The highest BCUT2D eigenvalue weighted by molar-refractivity contribution is 5.88. The van der Waals surface area contributed by atoms with E-state index in [2.05, 4.69) is 16.9 Å². The summed E-state index contributed by atoms with van der Waals surface area (Å²) in [6, 6.07) is 1.44. The highest BCUT2D eigenvalue weighted by Gasteiger charge is 2.13. The highest BCUT2D eigenvalue weighted by atomic mass is 19.1. The van der Waals surface area contributed by atoms with Crippen molar-refractivity contribution in [3.05, 3.63) is 30.2 Å². The number of amides is 1. The molecule has 0 spiro atoms. The van der Waals surface area contributed by atoms with E-state index in [4.69, 9.17) is 4.74 Å². The van der Waals surface area contributed by atoms with Crippen LogP contribution >= 0.6 is 0 Å². The zero-order valence-electron chi connectivity index (χ0n) is 9.21. The first-order chi connectivity index (χ1) is 7.56. The Hall–Kier alpha value is -1.91. The van der Waals surface area contributed by atoms with E-state index in [1.54, 1.807) is 6.92 Å². The molecule has 0 bridgehead atoms. The van der Waals surface area contributed by atoms with Gasteiger partial charge in [-0.05, 0) is 13.0 Å². The Morgan fingerprint density at radius 3 is 2.94 bits per heavy atom. The van der Waals surface area contributed by atoms with Crippen LogP contribution in [-0.2, 0) is 9.53 Å². The van der Waals surface area contributed by atoms with Crippen molar-refractivity contribution in [1.82, 2.24) is 4.98 Å². The molecule has 0 saturated heterocycles. The molecule has 1 N–H and O–H groups in total. The molecule has 0 saturated carbocycles. The van der Waals surface area contributed by atoms with E-state index in [0.717, 1.165) is 0 Å². The smallest absolute Gasteiger partial charge is 0.222 e. The third-order valence-corrected chi connectivity index (χ3v) is 1.80. The number of halogens is 1. The Bertz CT molecular complexity index is 418. The van der Waals surface area contributed by atoms with Crippen molar-refractivity contribution in [2.75, 3.05) is 11.9 Å². The second-order valence-electron chi connectivity index (χ2n) is 3.06. The SMILES string of the molecule is C=C(OCC)c1ccnc(NC(C)=O)c1F. The number of carbonyl (C=O) groups is 1. The molecule has 0 aliphatic heterocycles. The van der Waals surface area contributed by atoms with Crippen LogP contribution in [0.5, 0.6) is 0 Å². The van der Waals surface area contributed by atoms with Gasteiger partial charge in [0, 0.05) is 13.1 Å². The average molecular weight is 224 g/mol. The van der Waals surface area contributed by atoms with Crippen molar-refractivity contribution in [3.8, 4) is 0 Å². The van der Waals surface area contributed by atoms with Gasteiger partial charge in [-0.3, -0.25) is 4.79 Å². The van der Waals surface area contributed by atoms with Gasteiger partial charge in [0.15, 0.2) is 11.6 Å². The summed E-state index contributed by atoms with van der Waals surface area (Å²) in [5.41, 5.74) is 0.195. The molecular weight excluding hydrogens is 211 g/mol. The van der Waals surface area contributed by atoms with Crippen LogP contribution in [0.2, 0.25) is 0 Å². The van der Waals surface area contributed by atoms with Crippen LogP contribution in [0.1, 0.15) is 19.4 Å². The Kier molecular flexibility index (Phi) is 3.99. The molecule has 16 heavy (non-hydrogen) atoms. The van der Waals surface area contributed by atoms with Gasteiger partial charge in [0.2, 0.25) is 5.91 Å². The summed E-state index contributed by atoms with van der Waals surface area (Å²) in [5, 5.41) is 2.29. The summed E-state index contributed by atoms with van der Waals surface area (Å²) in [7, 11) is 0. The van der Waals surface area contributed by atoms with Crippen LogP contribution in [0.15, 0.2) is 18.8 Å². The number of nitrogens with zero attached hydrogens (tertiary/aromatic N) is 1. The quantitative estimate of drug-likeness (QED) is 0.797. The number of carbonyl (C=O) groups excluding carboxylic acids is 1. The van der Waals surface area contributed by atoms with Gasteiger partial charge >= 0.3 is 0 Å². The fourth-order valence-electron chi connectivity index (χ4n) is 1.16. The van der Waals surface area contributed by atoms with Gasteiger partial charge in [-0.25, -0.2) is 9.37 Å². The predicted octanol–water partition coefficient (Wildman–Crippen LogP) is 2.19. The van der Waals surface area contributed by atoms with E-state index < -0.39 is 5.82 Å². The Balaban J connectivity index is 3.03. The number of hydrogen-bond acceptors (Lipinski definition) is 3. The van der Waals surface area contributed by atoms with Crippen molar-refractivity contribution in [2.24, 2.45) is 0 Å². The van der Waals surface area contributed by atoms with E-state index in [1.165, 1.54) is 19.2 Å². The molecule has 0 aliphatic carbocycles. The maximum Gasteiger partial charge on any atom is 0.222 e. The largest absolute Gasteiger partial charge is 0.494 e. The van der Waals surface area contributed by atoms with Gasteiger partial charge in [0.25, 0.3) is 0 Å². The molecule has 0 fully saturated rings. The Morgan fingerprint density at radius 2 is 2.38 bits per heavy atom. The summed E-state index contributed by atoms with van der Waals surface area (Å²) >= 11 is 0. The molecule has 0 radical (unpaired) electrons. The third kappa shape index (κ3) is 2.79. The monoisotopic (exact) mass is 224 g/mol. The highest BCUT2D eigenvalue weighted by Crippen LogP contribution is 2.21. The minimum atomic E-state index is -0.642. The van der Waals surface area contributed by atoms with Crippen LogP contribution in [0.25, 0.3) is 5.76 Å². The van der Waals surface area contributed by atoms with Crippen LogP contribution in [-0.4, -0.2) is 17.5 Å². The average Bonchev–Trinajstić information content (AvgIpc) is 2.21. The number of hydrogen-bond donors (Lipinski definition) is 1. The van der Waals surface area contributed by atoms with Crippen LogP contribution in [0.3, 0.4) is 0 Å². The second-order valence-corrected chi connectivity index (χ2v) is 3.06. The van der Waals surface area contributed by atoms with Crippen molar-refractivity contribution in [1.29, 1.82) is 0 Å². The first-order valence-electron chi connectivity index (χ1n) is 4.80. The molecule has 1 amide bonds. The van der Waals surface area contributed by atoms with E-state index >= 15 is 0 Å². The zero-order valence-corrected chi connectivity index (χ0v) is 9.21. The van der Waals surface area contributed by atoms with Crippen LogP contribution < -0.4 is 5.32 Å². The van der Waals surface area contributed by atoms with Crippen molar-refractivity contribution >= 4 is 17.5 Å². The van der Waals surface area contributed by atoms with Crippen molar-refractivity contribution in [3.63, 3.8) is 0 Å². The van der Waals surface area contributed by atoms with Gasteiger partial charge < -0.3 is 10.1 Å². The number of anilines is 1. The lowest BCUT2D eigenvalue weighted by Gasteiger charge is -2.10. The lowest BCUT2D eigenvalue weighted by Crippen LogP contribution is -2.10. The molecular formula is C11H13FN2O2. The molecule has 1 heterocycles. The standard InChI is InChI=1S/C11H13FN2O2/c1-4-16-7(2)9-5-6-13-11(10(9)12)14-8(3)15/h5-6H,2,4H2,1,3H3,(H,13,14,15). The second kappa shape index (κ2) is 5.25. The van der Waals surface area contributed by atoms with Gasteiger partial charge in [0.1, 0.15) is 5.76 Å². The first kappa shape index (κ1) is 12.2. The van der Waals surface area contributed by atoms with Gasteiger partial charge in [-0.2, -0.15) is 0 Å². The molecule has 86 valence electrons. The zero-order chi connectivity index (χ0) is 12.1. The van der Waals surface area contributed by atoms with E-state index in [0.29, 0.717) is 6.61 Å². The number of nitrogens with one attached hydrogen (secondary N) is 1. The maximum absolute atomic E-state index is 13.8. The lowest BCUT2D eigenvalue weighted by atomic mass is 10.2. The maximum atomic E-state index is 13.8. The Labute approximate surface area is 93.1 Å². The molecule has 0 aliphatic rings. The van der Waals surface area contributed by atoms with E-state index in [9.17, 15) is 9.18 Å². The summed E-state index contributed by atoms with van der Waals surface area (Å²) in [5.74, 6) is -0.929. The summed E-state index contributed by atoms with van der Waals surface area (Å²) in [6.07, 6.45) is 1.38. The van der Waals surface area contributed by atoms with E-state index in [-0.39, 0.29) is 23.0 Å². The fraction of sp³-hybridized carbons (Fsp3) is 0.273. The summed E-state index contributed by atoms with van der Waals surface area (Å²) in [6.45, 7) is 7.05. The third-order valence-electron chi connectivity index (χ3n) is 1.80. The summed E-state index contributed by atoms with van der Waals surface area (Å²) < 4.78 is 18.9. The number of ether oxygens (including phenoxy) is 1. The molecule has 1 aromatic rings. The van der Waals surface area contributed by atoms with Gasteiger partial charge in [-0.1, -0.05) is 6.58 Å². The minimum Gasteiger partial charge on any atom is -0.494 e. The molecule has 0 unspecified atom stereocenters. The van der Waals surface area contributed by atoms with Gasteiger partial charge in [-0.15, -0.1) is 0 Å². The van der Waals surface area contributed by atoms with E-state index in [1.807, 2.05) is 0 Å². The lowest BCUT2D eigenvalue weighted by molar-refractivity contribution is -0.114. The first-order valence-corrected chi connectivity index (χ1v) is 4.80. The molecule has 1 aromatic heterocycles. The van der Waals surface area contributed by atoms with Crippen molar-refractivity contribution < 1.29 is 13.9 Å². The van der Waals surface area contributed by atoms with Gasteiger partial charge in [0.05, 0.1) is 12.2 Å². The van der Waals surface area contributed by atoms with Crippen LogP contribution in [0, 0.1) is 5.82 Å². The number of aromatic nitrogens is 1. The Morgan fingerprint density at radius 1 is 1.69 bits per heavy atom. The minimum absolute atomic E-state index is 0.120. The van der Waals surface area contributed by atoms with Crippen molar-refractivity contribution in [2.45, 2.75) is 13.8 Å². The molecule has 1 rings (SSSR count). The van der Waals surface area contributed by atoms with Crippen LogP contribution in [0.4, 0.5) is 10.2 Å². The normalized spacial score (nSPS) is 9.69. The molecule has 5 heteroatoms. The predicted molar refractivity (Wildman–Crippen MR) is 59.2 cm³/mol. The molecule has 0 atom stereocenters. The fourth-order valence-corrected chi connectivity index (χ4v) is 1.16.